The number of hydrogen-bond acceptors (Lipinski definition) is 4. The van der Waals surface area contributed by atoms with Gasteiger partial charge in [0, 0.05) is 25.5 Å². The van der Waals surface area contributed by atoms with Gasteiger partial charge in [-0.3, -0.25) is 0 Å². The van der Waals surface area contributed by atoms with Crippen molar-refractivity contribution in [2.75, 3.05) is 5.32 Å². The zero-order valence-corrected chi connectivity index (χ0v) is 10.7. The Morgan fingerprint density at radius 2 is 1.95 bits per heavy atom. The molecule has 3 aromatic rings. The second kappa shape index (κ2) is 4.70. The molecule has 0 spiro atoms. The van der Waals surface area contributed by atoms with E-state index in [0.29, 0.717) is 6.54 Å². The minimum Gasteiger partial charge on any atom is -0.338 e. The van der Waals surface area contributed by atoms with Crippen molar-refractivity contribution in [3.63, 3.8) is 0 Å². The van der Waals surface area contributed by atoms with Gasteiger partial charge < -0.3 is 15.6 Å². The van der Waals surface area contributed by atoms with Crippen LogP contribution in [0.25, 0.3) is 11.0 Å². The lowest BCUT2D eigenvalue weighted by molar-refractivity contribution is 0.947. The maximum atomic E-state index is 5.58. The molecule has 0 saturated carbocycles. The second-order valence-electron chi connectivity index (χ2n) is 4.41. The molecule has 19 heavy (non-hydrogen) atoms. The Kier molecular flexibility index (Phi) is 2.89. The van der Waals surface area contributed by atoms with Gasteiger partial charge in [-0.15, -0.1) is 0 Å². The smallest absolute Gasteiger partial charge is 0.158 e. The van der Waals surface area contributed by atoms with Crippen LogP contribution in [0.2, 0.25) is 0 Å². The van der Waals surface area contributed by atoms with Crippen molar-refractivity contribution in [3.05, 3.63) is 48.4 Å². The molecular formula is C14H15N5. The number of pyridine rings is 1. The first-order valence-electron chi connectivity index (χ1n) is 6.10. The van der Waals surface area contributed by atoms with E-state index < -0.39 is 0 Å². The molecule has 0 aliphatic rings. The van der Waals surface area contributed by atoms with Crippen LogP contribution in [0.1, 0.15) is 5.56 Å². The lowest BCUT2D eigenvalue weighted by atomic mass is 10.2. The van der Waals surface area contributed by atoms with E-state index in [1.807, 2.05) is 41.9 Å². The maximum absolute atomic E-state index is 5.58. The fourth-order valence-corrected chi connectivity index (χ4v) is 2.01. The van der Waals surface area contributed by atoms with Crippen molar-refractivity contribution in [1.82, 2.24) is 14.5 Å². The van der Waals surface area contributed by atoms with E-state index in [4.69, 9.17) is 5.73 Å². The van der Waals surface area contributed by atoms with E-state index in [0.717, 1.165) is 28.1 Å². The predicted octanol–water partition coefficient (Wildman–Crippen LogP) is 2.17. The Morgan fingerprint density at radius 3 is 2.68 bits per heavy atom. The standard InChI is InChI=1S/C14H15N5/c1-19-9-17-13-12(19)6-7-16-14(13)18-11-4-2-10(8-15)3-5-11/h2-7,9H,8,15H2,1H3,(H,16,18). The molecule has 0 aliphatic carbocycles. The van der Waals surface area contributed by atoms with Crippen LogP contribution in [-0.4, -0.2) is 14.5 Å². The van der Waals surface area contributed by atoms with Crippen LogP contribution in [0.3, 0.4) is 0 Å². The summed E-state index contributed by atoms with van der Waals surface area (Å²) in [7, 11) is 1.97. The summed E-state index contributed by atoms with van der Waals surface area (Å²) in [6, 6.07) is 9.93. The Balaban J connectivity index is 1.96. The number of rotatable bonds is 3. The van der Waals surface area contributed by atoms with E-state index in [9.17, 15) is 0 Å². The first-order valence-corrected chi connectivity index (χ1v) is 6.10. The zero-order valence-electron chi connectivity index (χ0n) is 10.7. The molecule has 0 aliphatic heterocycles. The van der Waals surface area contributed by atoms with Crippen LogP contribution in [-0.2, 0) is 13.6 Å². The zero-order chi connectivity index (χ0) is 13.2. The van der Waals surface area contributed by atoms with Crippen LogP contribution in [0.5, 0.6) is 0 Å². The van der Waals surface area contributed by atoms with Crippen LogP contribution in [0, 0.1) is 0 Å². The summed E-state index contributed by atoms with van der Waals surface area (Å²) in [6.45, 7) is 0.550. The Morgan fingerprint density at radius 1 is 1.16 bits per heavy atom. The number of anilines is 2. The molecule has 5 heteroatoms. The van der Waals surface area contributed by atoms with Crippen LogP contribution < -0.4 is 11.1 Å². The summed E-state index contributed by atoms with van der Waals surface area (Å²) in [6.07, 6.45) is 3.57. The van der Waals surface area contributed by atoms with Gasteiger partial charge in [-0.25, -0.2) is 9.97 Å². The van der Waals surface area contributed by atoms with Gasteiger partial charge in [-0.05, 0) is 23.8 Å². The van der Waals surface area contributed by atoms with Gasteiger partial charge >= 0.3 is 0 Å². The summed E-state index contributed by atoms with van der Waals surface area (Å²) in [4.78, 5) is 8.71. The number of hydrogen-bond donors (Lipinski definition) is 2. The number of nitrogens with one attached hydrogen (secondary N) is 1. The third kappa shape index (κ3) is 2.15. The molecule has 0 unspecified atom stereocenters. The molecular weight excluding hydrogens is 238 g/mol. The van der Waals surface area contributed by atoms with Crippen LogP contribution >= 0.6 is 0 Å². The molecule has 0 fully saturated rings. The highest BCUT2D eigenvalue weighted by molar-refractivity contribution is 5.87. The van der Waals surface area contributed by atoms with E-state index in [1.165, 1.54) is 0 Å². The minimum atomic E-state index is 0.550. The molecule has 3 N–H and O–H groups in total. The quantitative estimate of drug-likeness (QED) is 0.750. The van der Waals surface area contributed by atoms with E-state index in [1.54, 1.807) is 12.5 Å². The number of aryl methyl sites for hydroxylation is 1. The third-order valence-electron chi connectivity index (χ3n) is 3.10. The Hall–Kier alpha value is -2.40. The highest BCUT2D eigenvalue weighted by Gasteiger charge is 2.06. The number of benzene rings is 1. The summed E-state index contributed by atoms with van der Waals surface area (Å²) in [5.41, 5.74) is 9.59. The van der Waals surface area contributed by atoms with Crippen molar-refractivity contribution in [1.29, 1.82) is 0 Å². The summed E-state index contributed by atoms with van der Waals surface area (Å²) < 4.78 is 1.97. The third-order valence-corrected chi connectivity index (χ3v) is 3.10. The van der Waals surface area contributed by atoms with Crippen LogP contribution in [0.4, 0.5) is 11.5 Å². The highest BCUT2D eigenvalue weighted by atomic mass is 15.1. The molecule has 96 valence electrons. The highest BCUT2D eigenvalue weighted by Crippen LogP contribution is 2.22. The van der Waals surface area contributed by atoms with Gasteiger partial charge in [0.15, 0.2) is 5.82 Å². The summed E-state index contributed by atoms with van der Waals surface area (Å²) >= 11 is 0. The van der Waals surface area contributed by atoms with Crippen molar-refractivity contribution < 1.29 is 0 Å². The van der Waals surface area contributed by atoms with Crippen LogP contribution in [0.15, 0.2) is 42.9 Å². The Labute approximate surface area is 111 Å². The number of nitrogens with two attached hydrogens (primary N) is 1. The summed E-state index contributed by atoms with van der Waals surface area (Å²) in [5, 5.41) is 3.28. The molecule has 0 saturated heterocycles. The minimum absolute atomic E-state index is 0.550. The monoisotopic (exact) mass is 253 g/mol. The SMILES string of the molecule is Cn1cnc2c(Nc3ccc(CN)cc3)nccc21. The first-order chi connectivity index (χ1) is 9.28. The lowest BCUT2D eigenvalue weighted by Gasteiger charge is -2.07. The van der Waals surface area contributed by atoms with E-state index in [-0.39, 0.29) is 0 Å². The number of aromatic nitrogens is 3. The molecule has 2 heterocycles. The molecule has 1 aromatic carbocycles. The molecule has 0 amide bonds. The number of nitrogens with zero attached hydrogens (tertiary/aromatic N) is 3. The van der Waals surface area contributed by atoms with Gasteiger partial charge in [-0.1, -0.05) is 12.1 Å². The molecule has 0 radical (unpaired) electrons. The van der Waals surface area contributed by atoms with E-state index in [2.05, 4.69) is 15.3 Å². The molecule has 5 nitrogen and oxygen atoms in total. The van der Waals surface area contributed by atoms with E-state index >= 15 is 0 Å². The van der Waals surface area contributed by atoms with Crippen molar-refractivity contribution in [2.45, 2.75) is 6.54 Å². The lowest BCUT2D eigenvalue weighted by Crippen LogP contribution is -1.98. The van der Waals surface area contributed by atoms with Crippen molar-refractivity contribution >= 4 is 22.5 Å². The van der Waals surface area contributed by atoms with Gasteiger partial charge in [0.25, 0.3) is 0 Å². The topological polar surface area (TPSA) is 68.8 Å². The summed E-state index contributed by atoms with van der Waals surface area (Å²) in [5.74, 6) is 0.763. The molecule has 3 rings (SSSR count). The normalized spacial score (nSPS) is 10.8. The molecule has 2 aromatic heterocycles. The largest absolute Gasteiger partial charge is 0.338 e. The number of fused-ring (bicyclic) bond motifs is 1. The molecule has 0 atom stereocenters. The fourth-order valence-electron chi connectivity index (χ4n) is 2.01. The predicted molar refractivity (Wildman–Crippen MR) is 76.1 cm³/mol. The van der Waals surface area contributed by atoms with Crippen molar-refractivity contribution in [3.8, 4) is 0 Å². The van der Waals surface area contributed by atoms with Gasteiger partial charge in [0.05, 0.1) is 11.8 Å². The Bertz CT molecular complexity index is 699. The van der Waals surface area contributed by atoms with Crippen molar-refractivity contribution in [2.24, 2.45) is 12.8 Å². The molecule has 0 bridgehead atoms. The second-order valence-corrected chi connectivity index (χ2v) is 4.41. The fraction of sp³-hybridized carbons (Fsp3) is 0.143. The maximum Gasteiger partial charge on any atom is 0.158 e. The first kappa shape index (κ1) is 11.7. The van der Waals surface area contributed by atoms with Gasteiger partial charge in [-0.2, -0.15) is 0 Å². The van der Waals surface area contributed by atoms with Gasteiger partial charge in [0.1, 0.15) is 5.52 Å². The average Bonchev–Trinajstić information content (AvgIpc) is 2.83. The van der Waals surface area contributed by atoms with Gasteiger partial charge in [0.2, 0.25) is 0 Å². The average molecular weight is 253 g/mol. The number of imidazole rings is 1.